The third kappa shape index (κ3) is 4.13. The van der Waals surface area contributed by atoms with Crippen molar-refractivity contribution in [1.82, 2.24) is 13.5 Å². The van der Waals surface area contributed by atoms with Gasteiger partial charge in [0.05, 0.1) is 19.8 Å². The quantitative estimate of drug-likeness (QED) is 0.653. The minimum absolute atomic E-state index is 0.124. The van der Waals surface area contributed by atoms with Gasteiger partial charge in [0, 0.05) is 33.2 Å². The first-order valence-corrected chi connectivity index (χ1v) is 7.90. The fourth-order valence-corrected chi connectivity index (χ4v) is 3.20. The predicted octanol–water partition coefficient (Wildman–Crippen LogP) is -0.636. The Hall–Kier alpha value is -0.700. The highest BCUT2D eigenvalue weighted by Gasteiger charge is 2.30. The van der Waals surface area contributed by atoms with Crippen molar-refractivity contribution < 1.29 is 17.9 Å². The molecule has 0 saturated carbocycles. The van der Waals surface area contributed by atoms with E-state index in [9.17, 15) is 13.2 Å². The molecule has 0 aliphatic carbocycles. The molecule has 0 bridgehead atoms. The van der Waals surface area contributed by atoms with Gasteiger partial charge in [0.25, 0.3) is 10.2 Å². The molecule has 1 amide bonds. The highest BCUT2D eigenvalue weighted by molar-refractivity contribution is 7.86. The second-order valence-corrected chi connectivity index (χ2v) is 6.38. The number of morpholine rings is 1. The number of amides is 1. The van der Waals surface area contributed by atoms with Crippen molar-refractivity contribution in [3.05, 3.63) is 0 Å². The van der Waals surface area contributed by atoms with Gasteiger partial charge in [-0.05, 0) is 13.8 Å². The molecule has 1 saturated heterocycles. The van der Waals surface area contributed by atoms with E-state index in [4.69, 9.17) is 4.74 Å². The average Bonchev–Trinajstić information content (AvgIpc) is 2.41. The maximum atomic E-state index is 12.2. The van der Waals surface area contributed by atoms with E-state index in [2.05, 4.69) is 0 Å². The van der Waals surface area contributed by atoms with E-state index < -0.39 is 10.2 Å². The number of carbonyl (C=O) groups excluding carboxylic acids is 1. The van der Waals surface area contributed by atoms with E-state index >= 15 is 0 Å². The summed E-state index contributed by atoms with van der Waals surface area (Å²) in [6.07, 6.45) is 0. The van der Waals surface area contributed by atoms with Gasteiger partial charge in [0.2, 0.25) is 5.91 Å². The summed E-state index contributed by atoms with van der Waals surface area (Å²) in [6, 6.07) is 0. The molecular formula is C11H23N3O4S. The summed E-state index contributed by atoms with van der Waals surface area (Å²) in [4.78, 5) is 13.5. The maximum absolute atomic E-state index is 12.2. The Labute approximate surface area is 115 Å². The van der Waals surface area contributed by atoms with Crippen molar-refractivity contribution >= 4 is 16.1 Å². The Morgan fingerprint density at radius 2 is 1.74 bits per heavy atom. The summed E-state index contributed by atoms with van der Waals surface area (Å²) in [5.41, 5.74) is 0. The third-order valence-corrected chi connectivity index (χ3v) is 5.10. The van der Waals surface area contributed by atoms with E-state index in [1.165, 1.54) is 11.4 Å². The van der Waals surface area contributed by atoms with Crippen LogP contribution < -0.4 is 0 Å². The predicted molar refractivity (Wildman–Crippen MR) is 71.9 cm³/mol. The lowest BCUT2D eigenvalue weighted by Crippen LogP contribution is -2.50. The number of likely N-dealkylation sites (N-methyl/N-ethyl adjacent to an activating group) is 2. The molecule has 1 aliphatic rings. The number of hydrogen-bond acceptors (Lipinski definition) is 4. The lowest BCUT2D eigenvalue weighted by molar-refractivity contribution is -0.130. The highest BCUT2D eigenvalue weighted by Crippen LogP contribution is 2.09. The normalized spacial score (nSPS) is 17.7. The van der Waals surface area contributed by atoms with Crippen LogP contribution in [0, 0.1) is 0 Å². The summed E-state index contributed by atoms with van der Waals surface area (Å²) in [7, 11) is -2.13. The van der Waals surface area contributed by atoms with Crippen LogP contribution in [0.4, 0.5) is 0 Å². The zero-order chi connectivity index (χ0) is 14.5. The van der Waals surface area contributed by atoms with Crippen LogP contribution in [0.1, 0.15) is 13.8 Å². The number of hydrogen-bond donors (Lipinski definition) is 0. The summed E-state index contributed by atoms with van der Waals surface area (Å²) in [5.74, 6) is -0.177. The first kappa shape index (κ1) is 16.4. The van der Waals surface area contributed by atoms with Crippen LogP contribution in [-0.4, -0.2) is 80.8 Å². The minimum atomic E-state index is -3.57. The smallest absolute Gasteiger partial charge is 0.282 e. The molecule has 0 radical (unpaired) electrons. The summed E-state index contributed by atoms with van der Waals surface area (Å²) in [5, 5.41) is 0. The van der Waals surface area contributed by atoms with E-state index in [0.29, 0.717) is 39.4 Å². The maximum Gasteiger partial charge on any atom is 0.282 e. The van der Waals surface area contributed by atoms with Crippen LogP contribution in [0.2, 0.25) is 0 Å². The lowest BCUT2D eigenvalue weighted by atomic mass is 10.4. The van der Waals surface area contributed by atoms with Gasteiger partial charge in [0.1, 0.15) is 0 Å². The molecule has 19 heavy (non-hydrogen) atoms. The van der Waals surface area contributed by atoms with Crippen molar-refractivity contribution in [1.29, 1.82) is 0 Å². The van der Waals surface area contributed by atoms with Crippen LogP contribution in [-0.2, 0) is 19.7 Å². The second kappa shape index (κ2) is 7.18. The molecule has 0 aromatic rings. The van der Waals surface area contributed by atoms with E-state index in [1.807, 2.05) is 13.8 Å². The van der Waals surface area contributed by atoms with Gasteiger partial charge in [-0.3, -0.25) is 4.79 Å². The fraction of sp³-hybridized carbons (Fsp3) is 0.909. The zero-order valence-corrected chi connectivity index (χ0v) is 12.6. The van der Waals surface area contributed by atoms with E-state index in [1.54, 1.807) is 4.90 Å². The van der Waals surface area contributed by atoms with E-state index in [0.717, 1.165) is 4.31 Å². The number of rotatable bonds is 6. The summed E-state index contributed by atoms with van der Waals surface area (Å²) < 4.78 is 32.1. The van der Waals surface area contributed by atoms with Crippen LogP contribution >= 0.6 is 0 Å². The van der Waals surface area contributed by atoms with Gasteiger partial charge >= 0.3 is 0 Å². The Balaban J connectivity index is 2.65. The SMILES string of the molecule is CCN(CC)C(=O)CN(C)S(=O)(=O)N1CCOCC1. The van der Waals surface area contributed by atoms with Crippen molar-refractivity contribution in [2.45, 2.75) is 13.8 Å². The van der Waals surface area contributed by atoms with Crippen molar-refractivity contribution in [3.8, 4) is 0 Å². The number of nitrogens with zero attached hydrogens (tertiary/aromatic N) is 3. The fourth-order valence-electron chi connectivity index (χ4n) is 1.92. The van der Waals surface area contributed by atoms with Gasteiger partial charge in [-0.15, -0.1) is 0 Å². The molecule has 112 valence electrons. The molecule has 0 aromatic carbocycles. The summed E-state index contributed by atoms with van der Waals surface area (Å²) in [6.45, 7) is 6.27. The molecule has 8 heteroatoms. The summed E-state index contributed by atoms with van der Waals surface area (Å²) >= 11 is 0. The van der Waals surface area contributed by atoms with Crippen molar-refractivity contribution in [2.24, 2.45) is 0 Å². The molecule has 1 aliphatic heterocycles. The monoisotopic (exact) mass is 293 g/mol. The second-order valence-electron chi connectivity index (χ2n) is 4.34. The largest absolute Gasteiger partial charge is 0.379 e. The van der Waals surface area contributed by atoms with E-state index in [-0.39, 0.29) is 12.5 Å². The Bertz CT molecular complexity index is 389. The first-order valence-electron chi connectivity index (χ1n) is 6.50. The minimum Gasteiger partial charge on any atom is -0.379 e. The van der Waals surface area contributed by atoms with Gasteiger partial charge in [-0.2, -0.15) is 17.0 Å². The average molecular weight is 293 g/mol. The first-order chi connectivity index (χ1) is 8.93. The highest BCUT2D eigenvalue weighted by atomic mass is 32.2. The molecule has 1 fully saturated rings. The van der Waals surface area contributed by atoms with Gasteiger partial charge in [0.15, 0.2) is 0 Å². The van der Waals surface area contributed by atoms with Crippen LogP contribution in [0.5, 0.6) is 0 Å². The van der Waals surface area contributed by atoms with Crippen molar-refractivity contribution in [3.63, 3.8) is 0 Å². The molecule has 7 nitrogen and oxygen atoms in total. The number of ether oxygens (including phenoxy) is 1. The van der Waals surface area contributed by atoms with Crippen LogP contribution in [0.15, 0.2) is 0 Å². The van der Waals surface area contributed by atoms with Gasteiger partial charge in [-0.25, -0.2) is 0 Å². The Morgan fingerprint density at radius 3 is 2.21 bits per heavy atom. The Morgan fingerprint density at radius 1 is 1.21 bits per heavy atom. The van der Waals surface area contributed by atoms with Crippen molar-refractivity contribution in [2.75, 3.05) is 53.0 Å². The number of carbonyl (C=O) groups is 1. The molecule has 0 unspecified atom stereocenters. The molecule has 0 aromatic heterocycles. The zero-order valence-electron chi connectivity index (χ0n) is 11.8. The molecular weight excluding hydrogens is 270 g/mol. The van der Waals surface area contributed by atoms with Gasteiger partial charge in [-0.1, -0.05) is 0 Å². The molecule has 0 spiro atoms. The topological polar surface area (TPSA) is 70.2 Å². The molecule has 0 atom stereocenters. The third-order valence-electron chi connectivity index (χ3n) is 3.16. The standard InChI is InChI=1S/C11H23N3O4S/c1-4-13(5-2)11(15)10-12(3)19(16,17)14-6-8-18-9-7-14/h4-10H2,1-3H3. The molecule has 0 N–H and O–H groups in total. The molecule has 1 rings (SSSR count). The van der Waals surface area contributed by atoms with Crippen LogP contribution in [0.25, 0.3) is 0 Å². The molecule has 1 heterocycles. The van der Waals surface area contributed by atoms with Gasteiger partial charge < -0.3 is 9.64 Å². The Kier molecular flexibility index (Phi) is 6.18. The van der Waals surface area contributed by atoms with Crippen LogP contribution in [0.3, 0.4) is 0 Å². The lowest BCUT2D eigenvalue weighted by Gasteiger charge is -2.30.